The fourth-order valence-electron chi connectivity index (χ4n) is 0.950. The van der Waals surface area contributed by atoms with Crippen molar-refractivity contribution in [2.75, 3.05) is 26.8 Å². The van der Waals surface area contributed by atoms with Crippen LogP contribution < -0.4 is 5.73 Å². The predicted molar refractivity (Wildman–Crippen MR) is 53.8 cm³/mol. The first-order chi connectivity index (χ1) is 6.24. The van der Waals surface area contributed by atoms with Gasteiger partial charge in [0, 0.05) is 20.2 Å². The molecular formula is C9H19N3O. The quantitative estimate of drug-likeness (QED) is 0.384. The molecule has 0 aromatic carbocycles. The Morgan fingerprint density at radius 1 is 1.62 bits per heavy atom. The molecule has 13 heavy (non-hydrogen) atoms. The first-order valence-electron chi connectivity index (χ1n) is 4.86. The third kappa shape index (κ3) is 4.12. The van der Waals surface area contributed by atoms with Crippen molar-refractivity contribution in [3.8, 4) is 0 Å². The minimum absolute atomic E-state index is 0.495. The van der Waals surface area contributed by atoms with Crippen LogP contribution in [0.1, 0.15) is 19.8 Å². The first kappa shape index (κ1) is 10.3. The Balaban J connectivity index is 2.16. The van der Waals surface area contributed by atoms with Crippen LogP contribution in [0.3, 0.4) is 0 Å². The van der Waals surface area contributed by atoms with E-state index in [-0.39, 0.29) is 0 Å². The topological polar surface area (TPSA) is 50.9 Å². The van der Waals surface area contributed by atoms with E-state index in [1.54, 1.807) is 0 Å². The maximum Gasteiger partial charge on any atom is 0.191 e. The summed E-state index contributed by atoms with van der Waals surface area (Å²) in [6, 6.07) is 0.495. The second kappa shape index (κ2) is 5.07. The third-order valence-electron chi connectivity index (χ3n) is 2.03. The summed E-state index contributed by atoms with van der Waals surface area (Å²) >= 11 is 0. The number of hydrogen-bond acceptors (Lipinski definition) is 2. The molecule has 0 amide bonds. The van der Waals surface area contributed by atoms with Crippen LogP contribution in [0.4, 0.5) is 0 Å². The van der Waals surface area contributed by atoms with E-state index < -0.39 is 0 Å². The molecular weight excluding hydrogens is 166 g/mol. The van der Waals surface area contributed by atoms with Crippen molar-refractivity contribution in [1.29, 1.82) is 0 Å². The lowest BCUT2D eigenvalue weighted by Gasteiger charge is -2.17. The van der Waals surface area contributed by atoms with Crippen LogP contribution >= 0.6 is 0 Å². The summed E-state index contributed by atoms with van der Waals surface area (Å²) in [5.41, 5.74) is 5.76. The van der Waals surface area contributed by atoms with Crippen molar-refractivity contribution in [2.45, 2.75) is 25.8 Å². The lowest BCUT2D eigenvalue weighted by Crippen LogP contribution is -2.36. The summed E-state index contributed by atoms with van der Waals surface area (Å²) in [5.74, 6) is 0.641. The standard InChI is InChI=1S/C9H19N3O/c1-3-13-7-6-12(2)9(10)11-8-4-5-8/h8H,3-7H2,1-2H3,(H2,10,11). The van der Waals surface area contributed by atoms with Gasteiger partial charge in [0.2, 0.25) is 0 Å². The van der Waals surface area contributed by atoms with E-state index in [2.05, 4.69) is 4.99 Å². The molecule has 0 radical (unpaired) electrons. The second-order valence-electron chi connectivity index (χ2n) is 3.34. The largest absolute Gasteiger partial charge is 0.380 e. The van der Waals surface area contributed by atoms with Gasteiger partial charge < -0.3 is 15.4 Å². The average Bonchev–Trinajstić information content (AvgIpc) is 2.88. The van der Waals surface area contributed by atoms with Gasteiger partial charge in [-0.3, -0.25) is 0 Å². The molecule has 0 spiro atoms. The van der Waals surface area contributed by atoms with E-state index in [1.807, 2.05) is 18.9 Å². The maximum atomic E-state index is 5.76. The molecule has 2 N–H and O–H groups in total. The fourth-order valence-corrected chi connectivity index (χ4v) is 0.950. The van der Waals surface area contributed by atoms with Gasteiger partial charge >= 0.3 is 0 Å². The van der Waals surface area contributed by atoms with Crippen molar-refractivity contribution in [3.05, 3.63) is 0 Å². The van der Waals surface area contributed by atoms with Gasteiger partial charge in [0.05, 0.1) is 12.6 Å². The number of ether oxygens (including phenoxy) is 1. The van der Waals surface area contributed by atoms with Gasteiger partial charge in [-0.1, -0.05) is 0 Å². The molecule has 0 atom stereocenters. The van der Waals surface area contributed by atoms with Gasteiger partial charge in [-0.05, 0) is 19.8 Å². The molecule has 76 valence electrons. The summed E-state index contributed by atoms with van der Waals surface area (Å²) in [6.07, 6.45) is 2.39. The zero-order valence-electron chi connectivity index (χ0n) is 8.49. The van der Waals surface area contributed by atoms with Gasteiger partial charge in [0.25, 0.3) is 0 Å². The maximum absolute atomic E-state index is 5.76. The van der Waals surface area contributed by atoms with Gasteiger partial charge in [0.15, 0.2) is 5.96 Å². The highest BCUT2D eigenvalue weighted by Crippen LogP contribution is 2.23. The lowest BCUT2D eigenvalue weighted by molar-refractivity contribution is 0.136. The minimum Gasteiger partial charge on any atom is -0.380 e. The summed E-state index contributed by atoms with van der Waals surface area (Å²) in [7, 11) is 1.94. The molecule has 4 nitrogen and oxygen atoms in total. The number of likely N-dealkylation sites (N-methyl/N-ethyl adjacent to an activating group) is 1. The van der Waals surface area contributed by atoms with Crippen molar-refractivity contribution in [1.82, 2.24) is 4.90 Å². The Morgan fingerprint density at radius 2 is 2.31 bits per heavy atom. The molecule has 0 bridgehead atoms. The fraction of sp³-hybridized carbons (Fsp3) is 0.889. The number of hydrogen-bond donors (Lipinski definition) is 1. The summed E-state index contributed by atoms with van der Waals surface area (Å²) in [4.78, 5) is 6.27. The average molecular weight is 185 g/mol. The molecule has 0 saturated heterocycles. The van der Waals surface area contributed by atoms with Crippen molar-refractivity contribution in [2.24, 2.45) is 10.7 Å². The van der Waals surface area contributed by atoms with Crippen LogP contribution in [0.15, 0.2) is 4.99 Å². The number of guanidine groups is 1. The van der Waals surface area contributed by atoms with Crippen LogP contribution in [0.5, 0.6) is 0 Å². The molecule has 1 aliphatic carbocycles. The van der Waals surface area contributed by atoms with Crippen molar-refractivity contribution in [3.63, 3.8) is 0 Å². The number of nitrogens with zero attached hydrogens (tertiary/aromatic N) is 2. The molecule has 4 heteroatoms. The summed E-state index contributed by atoms with van der Waals surface area (Å²) < 4.78 is 5.22. The monoisotopic (exact) mass is 185 g/mol. The number of aliphatic imine (C=N–C) groups is 1. The molecule has 0 heterocycles. The Kier molecular flexibility index (Phi) is 4.02. The van der Waals surface area contributed by atoms with Crippen LogP contribution in [-0.4, -0.2) is 43.7 Å². The molecule has 1 rings (SSSR count). The van der Waals surface area contributed by atoms with Crippen LogP contribution in [0, 0.1) is 0 Å². The van der Waals surface area contributed by atoms with Crippen molar-refractivity contribution < 1.29 is 4.74 Å². The van der Waals surface area contributed by atoms with Crippen molar-refractivity contribution >= 4 is 5.96 Å². The summed E-state index contributed by atoms with van der Waals surface area (Å²) in [5, 5.41) is 0. The van der Waals surface area contributed by atoms with Gasteiger partial charge in [0.1, 0.15) is 0 Å². The van der Waals surface area contributed by atoms with Crippen LogP contribution in [0.2, 0.25) is 0 Å². The third-order valence-corrected chi connectivity index (χ3v) is 2.03. The van der Waals surface area contributed by atoms with E-state index >= 15 is 0 Å². The number of nitrogens with two attached hydrogens (primary N) is 1. The SMILES string of the molecule is CCOCCN(C)C(N)=NC1CC1. The molecule has 0 aromatic heterocycles. The minimum atomic E-state index is 0.495. The molecule has 0 unspecified atom stereocenters. The first-order valence-corrected chi connectivity index (χ1v) is 4.86. The smallest absolute Gasteiger partial charge is 0.191 e. The van der Waals surface area contributed by atoms with Gasteiger partial charge in [-0.2, -0.15) is 0 Å². The Labute approximate surface area is 79.8 Å². The van der Waals surface area contributed by atoms with Gasteiger partial charge in [-0.25, -0.2) is 4.99 Å². The zero-order valence-corrected chi connectivity index (χ0v) is 8.49. The zero-order chi connectivity index (χ0) is 9.68. The Morgan fingerprint density at radius 3 is 2.85 bits per heavy atom. The number of rotatable bonds is 5. The Hall–Kier alpha value is -0.770. The van der Waals surface area contributed by atoms with E-state index in [0.29, 0.717) is 18.6 Å². The lowest BCUT2D eigenvalue weighted by atomic mass is 10.6. The van der Waals surface area contributed by atoms with Gasteiger partial charge in [-0.15, -0.1) is 0 Å². The van der Waals surface area contributed by atoms with E-state index in [0.717, 1.165) is 13.2 Å². The van der Waals surface area contributed by atoms with Crippen LogP contribution in [-0.2, 0) is 4.74 Å². The molecule has 1 aliphatic rings. The Bertz CT molecular complexity index is 178. The van der Waals surface area contributed by atoms with E-state index in [4.69, 9.17) is 10.5 Å². The second-order valence-corrected chi connectivity index (χ2v) is 3.34. The van der Waals surface area contributed by atoms with Crippen LogP contribution in [0.25, 0.3) is 0 Å². The molecule has 1 saturated carbocycles. The predicted octanol–water partition coefficient (Wildman–Crippen LogP) is 0.432. The highest BCUT2D eigenvalue weighted by atomic mass is 16.5. The molecule has 0 aliphatic heterocycles. The molecule has 0 aromatic rings. The highest BCUT2D eigenvalue weighted by Gasteiger charge is 2.21. The van der Waals surface area contributed by atoms with E-state index in [1.165, 1.54) is 12.8 Å². The normalized spacial score (nSPS) is 17.5. The summed E-state index contributed by atoms with van der Waals surface area (Å²) in [6.45, 7) is 4.28. The van der Waals surface area contributed by atoms with E-state index in [9.17, 15) is 0 Å². The highest BCUT2D eigenvalue weighted by molar-refractivity contribution is 5.78. The molecule has 1 fully saturated rings.